The van der Waals surface area contributed by atoms with E-state index in [4.69, 9.17) is 0 Å². The van der Waals surface area contributed by atoms with Crippen molar-refractivity contribution in [1.82, 2.24) is 0 Å². The third-order valence-electron chi connectivity index (χ3n) is 3.37. The van der Waals surface area contributed by atoms with Crippen LogP contribution in [0, 0.1) is 10.1 Å². The zero-order valence-electron chi connectivity index (χ0n) is 11.8. The zero-order valence-corrected chi connectivity index (χ0v) is 12.6. The fraction of sp³-hybridized carbons (Fsp3) is 0.333. The molecule has 0 N–H and O–H groups in total. The molecule has 1 aromatic rings. The summed E-state index contributed by atoms with van der Waals surface area (Å²) in [5.74, 6) is -1.78. The lowest BCUT2D eigenvalue weighted by Gasteiger charge is -2.18. The third-order valence-corrected chi connectivity index (χ3v) is 4.49. The van der Waals surface area contributed by atoms with E-state index in [2.05, 4.69) is 4.74 Å². The topological polar surface area (TPSA) is 124 Å². The maximum Gasteiger partial charge on any atom is 0.340 e. The van der Waals surface area contributed by atoms with Gasteiger partial charge in [0.1, 0.15) is 10.9 Å². The van der Waals surface area contributed by atoms with Crippen LogP contribution in [0.4, 0.5) is 15.3 Å². The number of carbonyl (C=O) groups is 2. The summed E-state index contributed by atoms with van der Waals surface area (Å²) in [7, 11) is -3.95. The molecule has 1 aromatic carbocycles. The first-order valence-electron chi connectivity index (χ1n) is 6.26. The molecular formula is C12H11FN2O7S. The molecular weight excluding hydrogens is 335 g/mol. The average molecular weight is 346 g/mol. The van der Waals surface area contributed by atoms with Crippen molar-refractivity contribution in [1.29, 1.82) is 0 Å². The normalized spacial score (nSPS) is 18.1. The van der Waals surface area contributed by atoms with Crippen LogP contribution in [0.2, 0.25) is 0 Å². The number of anilines is 1. The molecule has 1 fully saturated rings. The van der Waals surface area contributed by atoms with Crippen LogP contribution in [0.15, 0.2) is 18.2 Å². The molecule has 1 amide bonds. The molecule has 124 valence electrons. The molecule has 23 heavy (non-hydrogen) atoms. The van der Waals surface area contributed by atoms with E-state index in [1.54, 1.807) is 0 Å². The fourth-order valence-corrected chi connectivity index (χ4v) is 2.99. The predicted octanol–water partition coefficient (Wildman–Crippen LogP) is 0.786. The molecule has 1 heterocycles. The molecule has 0 spiro atoms. The van der Waals surface area contributed by atoms with Crippen molar-refractivity contribution < 1.29 is 31.6 Å². The first-order chi connectivity index (χ1) is 10.7. The minimum atomic E-state index is -5.00. The number of carbonyl (C=O) groups excluding carboxylic acids is 2. The Balaban J connectivity index is 2.60. The molecule has 1 unspecified atom stereocenters. The number of benzene rings is 1. The number of esters is 1. The quantitative estimate of drug-likeness (QED) is 0.341. The van der Waals surface area contributed by atoms with Gasteiger partial charge >= 0.3 is 16.2 Å². The second-order valence-electron chi connectivity index (χ2n) is 4.73. The van der Waals surface area contributed by atoms with Crippen molar-refractivity contribution >= 4 is 33.5 Å². The molecule has 0 radical (unpaired) electrons. The number of hydrogen-bond donors (Lipinski definition) is 0. The Morgan fingerprint density at radius 2 is 2.13 bits per heavy atom. The minimum Gasteiger partial charge on any atom is -0.465 e. The number of nitro benzene ring substituents is 1. The highest BCUT2D eigenvalue weighted by molar-refractivity contribution is 7.87. The van der Waals surface area contributed by atoms with E-state index in [9.17, 15) is 32.0 Å². The SMILES string of the molecule is COC(=O)c1cccc([N+](=O)[O-])c1N1CC(S(=O)(=O)F)CC1=O. The summed E-state index contributed by atoms with van der Waals surface area (Å²) in [4.78, 5) is 34.8. The lowest BCUT2D eigenvalue weighted by molar-refractivity contribution is -0.384. The summed E-state index contributed by atoms with van der Waals surface area (Å²) in [6, 6.07) is 3.46. The van der Waals surface area contributed by atoms with Crippen molar-refractivity contribution in [2.24, 2.45) is 0 Å². The number of rotatable bonds is 4. The number of amides is 1. The maximum absolute atomic E-state index is 13.1. The summed E-state index contributed by atoms with van der Waals surface area (Å²) >= 11 is 0. The van der Waals surface area contributed by atoms with E-state index in [-0.39, 0.29) is 5.56 Å². The Morgan fingerprint density at radius 3 is 2.61 bits per heavy atom. The Morgan fingerprint density at radius 1 is 1.48 bits per heavy atom. The Labute approximate surface area is 130 Å². The predicted molar refractivity (Wildman–Crippen MR) is 75.2 cm³/mol. The molecule has 11 heteroatoms. The third kappa shape index (κ3) is 3.13. The van der Waals surface area contributed by atoms with Gasteiger partial charge in [0.2, 0.25) is 5.91 Å². The number of halogens is 1. The van der Waals surface area contributed by atoms with Crippen LogP contribution in [0.5, 0.6) is 0 Å². The number of hydrogen-bond acceptors (Lipinski definition) is 7. The lowest BCUT2D eigenvalue weighted by Crippen LogP contribution is -2.29. The van der Waals surface area contributed by atoms with Gasteiger partial charge in [-0.3, -0.25) is 14.9 Å². The summed E-state index contributed by atoms with van der Waals surface area (Å²) in [6.07, 6.45) is -0.661. The molecule has 2 rings (SSSR count). The van der Waals surface area contributed by atoms with Gasteiger partial charge in [-0.15, -0.1) is 3.89 Å². The average Bonchev–Trinajstić information content (AvgIpc) is 2.87. The molecule has 1 saturated heterocycles. The highest BCUT2D eigenvalue weighted by atomic mass is 32.3. The monoisotopic (exact) mass is 346 g/mol. The van der Waals surface area contributed by atoms with Crippen molar-refractivity contribution in [2.75, 3.05) is 18.6 Å². The molecule has 0 aliphatic carbocycles. The summed E-state index contributed by atoms with van der Waals surface area (Å²) < 4.78 is 39.6. The van der Waals surface area contributed by atoms with E-state index >= 15 is 0 Å². The Bertz CT molecular complexity index is 793. The number of nitro groups is 1. The van der Waals surface area contributed by atoms with E-state index in [1.165, 1.54) is 12.1 Å². The van der Waals surface area contributed by atoms with Crippen LogP contribution < -0.4 is 4.90 Å². The van der Waals surface area contributed by atoms with Gasteiger partial charge in [0, 0.05) is 19.0 Å². The standard InChI is InChI=1S/C12H11FN2O7S/c1-22-12(17)8-3-2-4-9(15(18)19)11(8)14-6-7(5-10(14)16)23(13,20)21/h2-4,7H,5-6H2,1H3. The smallest absolute Gasteiger partial charge is 0.340 e. The lowest BCUT2D eigenvalue weighted by atomic mass is 10.1. The molecule has 9 nitrogen and oxygen atoms in total. The van der Waals surface area contributed by atoms with Crippen LogP contribution in [0.1, 0.15) is 16.8 Å². The Hall–Kier alpha value is -2.56. The largest absolute Gasteiger partial charge is 0.465 e. The molecule has 1 aliphatic rings. The first-order valence-corrected chi connectivity index (χ1v) is 7.71. The molecule has 0 aromatic heterocycles. The molecule has 0 bridgehead atoms. The first kappa shape index (κ1) is 16.8. The van der Waals surface area contributed by atoms with Crippen LogP contribution in [0.3, 0.4) is 0 Å². The summed E-state index contributed by atoms with van der Waals surface area (Å²) in [5, 5.41) is 9.51. The van der Waals surface area contributed by atoms with Gasteiger partial charge < -0.3 is 9.64 Å². The van der Waals surface area contributed by atoms with Gasteiger partial charge in [0.05, 0.1) is 17.6 Å². The number of methoxy groups -OCH3 is 1. The van der Waals surface area contributed by atoms with Gasteiger partial charge in [-0.1, -0.05) is 6.07 Å². The molecule has 1 atom stereocenters. The van der Waals surface area contributed by atoms with E-state index in [0.29, 0.717) is 0 Å². The molecule has 0 saturated carbocycles. The highest BCUT2D eigenvalue weighted by Gasteiger charge is 2.42. The molecule has 1 aliphatic heterocycles. The zero-order chi connectivity index (χ0) is 17.4. The number of ether oxygens (including phenoxy) is 1. The van der Waals surface area contributed by atoms with Crippen molar-refractivity contribution in [2.45, 2.75) is 11.7 Å². The van der Waals surface area contributed by atoms with Crippen molar-refractivity contribution in [3.63, 3.8) is 0 Å². The van der Waals surface area contributed by atoms with E-state index in [0.717, 1.165) is 18.1 Å². The van der Waals surface area contributed by atoms with E-state index < -0.39 is 56.6 Å². The summed E-state index contributed by atoms with van der Waals surface area (Å²) in [5.41, 5.74) is -1.27. The number of nitrogens with zero attached hydrogens (tertiary/aromatic N) is 2. The number of para-hydroxylation sites is 1. The van der Waals surface area contributed by atoms with Crippen LogP contribution in [-0.4, -0.2) is 44.1 Å². The summed E-state index contributed by atoms with van der Waals surface area (Å²) in [6.45, 7) is -0.619. The maximum atomic E-state index is 13.1. The van der Waals surface area contributed by atoms with Gasteiger partial charge in [0.25, 0.3) is 5.69 Å². The Kier molecular flexibility index (Phi) is 4.32. The highest BCUT2D eigenvalue weighted by Crippen LogP contribution is 2.36. The minimum absolute atomic E-state index is 0.285. The van der Waals surface area contributed by atoms with Gasteiger partial charge in [0.15, 0.2) is 0 Å². The van der Waals surface area contributed by atoms with Crippen LogP contribution in [0.25, 0.3) is 0 Å². The van der Waals surface area contributed by atoms with Crippen LogP contribution >= 0.6 is 0 Å². The fourth-order valence-electron chi connectivity index (χ4n) is 2.32. The van der Waals surface area contributed by atoms with Gasteiger partial charge in [-0.25, -0.2) is 4.79 Å². The van der Waals surface area contributed by atoms with E-state index in [1.807, 2.05) is 0 Å². The van der Waals surface area contributed by atoms with Gasteiger partial charge in [-0.2, -0.15) is 8.42 Å². The second-order valence-corrected chi connectivity index (χ2v) is 6.35. The van der Waals surface area contributed by atoms with Crippen molar-refractivity contribution in [3.05, 3.63) is 33.9 Å². The van der Waals surface area contributed by atoms with Crippen LogP contribution in [-0.2, 0) is 19.8 Å². The van der Waals surface area contributed by atoms with Gasteiger partial charge in [-0.05, 0) is 6.07 Å². The second kappa shape index (κ2) is 5.91. The van der Waals surface area contributed by atoms with Crippen molar-refractivity contribution in [3.8, 4) is 0 Å².